The van der Waals surface area contributed by atoms with Gasteiger partial charge in [0.05, 0.1) is 12.7 Å². The molecule has 0 aromatic heterocycles. The van der Waals surface area contributed by atoms with E-state index in [9.17, 15) is 4.79 Å². The van der Waals surface area contributed by atoms with Crippen molar-refractivity contribution in [1.29, 1.82) is 5.41 Å². The Bertz CT molecular complexity index is 1120. The Hall–Kier alpha value is -3.03. The SMILES string of the molecule is COc1cc(/C=C2/C(=N)N3C=C(C)SC3=NC2=O)ccc1OCc1ccc(Cl)cc1. The van der Waals surface area contributed by atoms with Crippen LogP contribution in [0.1, 0.15) is 18.1 Å². The third-order valence-electron chi connectivity index (χ3n) is 4.50. The summed E-state index contributed by atoms with van der Waals surface area (Å²) in [6.45, 7) is 2.28. The standard InChI is InChI=1S/C22H18ClN3O3S/c1-13-11-26-20(24)17(21(27)25-22(26)30-13)9-15-5-8-18(19(10-15)28-2)29-12-14-3-6-16(23)7-4-14/h3-11,24H,12H2,1-2H3/b17-9-,24-20?. The summed E-state index contributed by atoms with van der Waals surface area (Å²) in [5.74, 6) is 0.791. The molecule has 0 unspecified atom stereocenters. The number of methoxy groups -OCH3 is 1. The normalized spacial score (nSPS) is 17.0. The number of nitrogens with one attached hydrogen (secondary N) is 1. The van der Waals surface area contributed by atoms with E-state index in [1.807, 2.05) is 37.3 Å². The Morgan fingerprint density at radius 3 is 2.70 bits per heavy atom. The zero-order chi connectivity index (χ0) is 21.3. The fraction of sp³-hybridized carbons (Fsp3) is 0.136. The fourth-order valence-electron chi connectivity index (χ4n) is 3.00. The highest BCUT2D eigenvalue weighted by Gasteiger charge is 2.32. The van der Waals surface area contributed by atoms with E-state index in [4.69, 9.17) is 26.5 Å². The van der Waals surface area contributed by atoms with Gasteiger partial charge in [0.1, 0.15) is 12.4 Å². The summed E-state index contributed by atoms with van der Waals surface area (Å²) in [6.07, 6.45) is 3.45. The molecular formula is C22H18ClN3O3S. The molecule has 0 saturated carbocycles. The maximum atomic E-state index is 12.4. The number of carbonyl (C=O) groups is 1. The topological polar surface area (TPSA) is 75.0 Å². The van der Waals surface area contributed by atoms with Crippen LogP contribution in [0.3, 0.4) is 0 Å². The Kier molecular flexibility index (Phi) is 5.65. The number of hydrogen-bond donors (Lipinski definition) is 1. The number of amidine groups is 2. The maximum absolute atomic E-state index is 12.4. The lowest BCUT2D eigenvalue weighted by Gasteiger charge is -2.22. The van der Waals surface area contributed by atoms with E-state index in [1.54, 1.807) is 36.4 Å². The van der Waals surface area contributed by atoms with Crippen molar-refractivity contribution >= 4 is 46.3 Å². The second-order valence-corrected chi connectivity index (χ2v) is 8.29. The molecule has 0 saturated heterocycles. The van der Waals surface area contributed by atoms with Gasteiger partial charge in [0.25, 0.3) is 5.91 Å². The smallest absolute Gasteiger partial charge is 0.283 e. The molecule has 2 aromatic rings. The molecule has 0 bridgehead atoms. The summed E-state index contributed by atoms with van der Waals surface area (Å²) in [6, 6.07) is 12.8. The van der Waals surface area contributed by atoms with Gasteiger partial charge in [-0.2, -0.15) is 4.99 Å². The lowest BCUT2D eigenvalue weighted by Crippen LogP contribution is -2.35. The molecule has 0 atom stereocenters. The molecule has 0 aliphatic carbocycles. The number of rotatable bonds is 5. The quantitative estimate of drug-likeness (QED) is 0.656. The minimum atomic E-state index is -0.427. The Balaban J connectivity index is 1.56. The first-order valence-corrected chi connectivity index (χ1v) is 10.3. The van der Waals surface area contributed by atoms with Crippen LogP contribution in [0.25, 0.3) is 6.08 Å². The van der Waals surface area contributed by atoms with Crippen molar-refractivity contribution in [2.45, 2.75) is 13.5 Å². The number of nitrogens with zero attached hydrogens (tertiary/aromatic N) is 2. The van der Waals surface area contributed by atoms with Crippen molar-refractivity contribution in [3.8, 4) is 11.5 Å². The van der Waals surface area contributed by atoms with Crippen molar-refractivity contribution in [3.63, 3.8) is 0 Å². The van der Waals surface area contributed by atoms with Crippen molar-refractivity contribution in [2.75, 3.05) is 7.11 Å². The minimum absolute atomic E-state index is 0.108. The molecule has 2 aliphatic rings. The van der Waals surface area contributed by atoms with Crippen LogP contribution in [0, 0.1) is 5.41 Å². The van der Waals surface area contributed by atoms with E-state index in [2.05, 4.69) is 4.99 Å². The highest BCUT2D eigenvalue weighted by atomic mass is 35.5. The number of allylic oxidation sites excluding steroid dienone is 1. The molecule has 1 N–H and O–H groups in total. The summed E-state index contributed by atoms with van der Waals surface area (Å²) in [4.78, 5) is 19.1. The molecule has 4 rings (SSSR count). The molecule has 2 aliphatic heterocycles. The zero-order valence-corrected chi connectivity index (χ0v) is 17.9. The first-order chi connectivity index (χ1) is 14.4. The van der Waals surface area contributed by atoms with Crippen LogP contribution in [0.4, 0.5) is 0 Å². The van der Waals surface area contributed by atoms with Crippen molar-refractivity contribution in [1.82, 2.24) is 4.90 Å². The van der Waals surface area contributed by atoms with Crippen LogP contribution < -0.4 is 9.47 Å². The summed E-state index contributed by atoms with van der Waals surface area (Å²) < 4.78 is 11.3. The second kappa shape index (κ2) is 8.38. The molecule has 1 amide bonds. The molecule has 2 aromatic carbocycles. The number of aliphatic imine (C=N–C) groups is 1. The predicted molar refractivity (Wildman–Crippen MR) is 120 cm³/mol. The highest BCUT2D eigenvalue weighted by Crippen LogP contribution is 2.34. The van der Waals surface area contributed by atoms with Gasteiger partial charge in [-0.3, -0.25) is 15.1 Å². The molecule has 0 radical (unpaired) electrons. The lowest BCUT2D eigenvalue weighted by molar-refractivity contribution is -0.114. The van der Waals surface area contributed by atoms with Gasteiger partial charge in [-0.25, -0.2) is 0 Å². The van der Waals surface area contributed by atoms with Crippen LogP contribution in [-0.2, 0) is 11.4 Å². The molecular weight excluding hydrogens is 422 g/mol. The van der Waals surface area contributed by atoms with E-state index < -0.39 is 5.91 Å². The van der Waals surface area contributed by atoms with E-state index >= 15 is 0 Å². The molecule has 152 valence electrons. The van der Waals surface area contributed by atoms with E-state index in [0.29, 0.717) is 33.9 Å². The number of fused-ring (bicyclic) bond motifs is 1. The van der Waals surface area contributed by atoms with Gasteiger partial charge in [-0.1, -0.05) is 41.6 Å². The number of halogens is 1. The maximum Gasteiger partial charge on any atom is 0.283 e. The van der Waals surface area contributed by atoms with Gasteiger partial charge in [0.2, 0.25) is 0 Å². The van der Waals surface area contributed by atoms with Gasteiger partial charge in [-0.05, 0) is 48.4 Å². The minimum Gasteiger partial charge on any atom is -0.493 e. The summed E-state index contributed by atoms with van der Waals surface area (Å²) in [5, 5.41) is 9.58. The molecule has 30 heavy (non-hydrogen) atoms. The number of benzene rings is 2. The lowest BCUT2D eigenvalue weighted by atomic mass is 10.1. The molecule has 2 heterocycles. The predicted octanol–water partition coefficient (Wildman–Crippen LogP) is 5.09. The van der Waals surface area contributed by atoms with E-state index in [1.165, 1.54) is 11.8 Å². The first-order valence-electron chi connectivity index (χ1n) is 9.09. The Labute approximate surface area is 183 Å². The van der Waals surface area contributed by atoms with Gasteiger partial charge in [0, 0.05) is 16.1 Å². The van der Waals surface area contributed by atoms with Crippen molar-refractivity contribution < 1.29 is 14.3 Å². The monoisotopic (exact) mass is 439 g/mol. The summed E-state index contributed by atoms with van der Waals surface area (Å²) in [5.41, 5.74) is 1.92. The Morgan fingerprint density at radius 2 is 1.97 bits per heavy atom. The second-order valence-electron chi connectivity index (χ2n) is 6.64. The third-order valence-corrected chi connectivity index (χ3v) is 5.65. The van der Waals surface area contributed by atoms with Gasteiger partial charge < -0.3 is 9.47 Å². The molecule has 0 spiro atoms. The number of ether oxygens (including phenoxy) is 2. The van der Waals surface area contributed by atoms with Crippen LogP contribution in [0.15, 0.2) is 64.1 Å². The number of hydrogen-bond acceptors (Lipinski definition) is 5. The van der Waals surface area contributed by atoms with Gasteiger partial charge in [0.15, 0.2) is 16.7 Å². The van der Waals surface area contributed by atoms with Crippen molar-refractivity contribution in [3.05, 3.63) is 75.3 Å². The number of thioether (sulfide) groups is 1. The fourth-order valence-corrected chi connectivity index (χ4v) is 3.95. The van der Waals surface area contributed by atoms with E-state index in [-0.39, 0.29) is 11.4 Å². The zero-order valence-electron chi connectivity index (χ0n) is 16.3. The number of carbonyl (C=O) groups excluding carboxylic acids is 1. The average molecular weight is 440 g/mol. The van der Waals surface area contributed by atoms with Crippen molar-refractivity contribution in [2.24, 2.45) is 4.99 Å². The number of amides is 1. The molecule has 6 nitrogen and oxygen atoms in total. The average Bonchev–Trinajstić information content (AvgIpc) is 3.11. The first kappa shape index (κ1) is 20.3. The summed E-state index contributed by atoms with van der Waals surface area (Å²) >= 11 is 7.29. The van der Waals surface area contributed by atoms with Crippen LogP contribution in [0.5, 0.6) is 11.5 Å². The van der Waals surface area contributed by atoms with Gasteiger partial charge in [-0.15, -0.1) is 0 Å². The van der Waals surface area contributed by atoms with Crippen LogP contribution in [0.2, 0.25) is 5.02 Å². The van der Waals surface area contributed by atoms with Gasteiger partial charge >= 0.3 is 0 Å². The third kappa shape index (κ3) is 4.13. The largest absolute Gasteiger partial charge is 0.493 e. The summed E-state index contributed by atoms with van der Waals surface area (Å²) in [7, 11) is 1.56. The van der Waals surface area contributed by atoms with E-state index in [0.717, 1.165) is 10.5 Å². The van der Waals surface area contributed by atoms with Crippen LogP contribution in [-0.4, -0.2) is 28.9 Å². The molecule has 0 fully saturated rings. The van der Waals surface area contributed by atoms with Crippen LogP contribution >= 0.6 is 23.4 Å². The Morgan fingerprint density at radius 1 is 1.20 bits per heavy atom. The highest BCUT2D eigenvalue weighted by molar-refractivity contribution is 8.17. The molecule has 8 heteroatoms.